The molecule has 0 spiro atoms. The van der Waals surface area contributed by atoms with Gasteiger partial charge in [-0.15, -0.1) is 12.5 Å². The Morgan fingerprint density at radius 1 is 1.38 bits per heavy atom. The van der Waals surface area contributed by atoms with E-state index in [9.17, 15) is 4.79 Å². The van der Waals surface area contributed by atoms with Crippen LogP contribution >= 0.6 is 0 Å². The van der Waals surface area contributed by atoms with E-state index in [1.54, 1.807) is 0 Å². The van der Waals surface area contributed by atoms with Crippen LogP contribution in [0.2, 0.25) is 0 Å². The van der Waals surface area contributed by atoms with Crippen LogP contribution in [-0.2, 0) is 16.0 Å². The first-order valence-electron chi connectivity index (χ1n) is 7.56. The molecule has 0 saturated heterocycles. The maximum atomic E-state index is 11.2. The van der Waals surface area contributed by atoms with E-state index in [0.29, 0.717) is 13.0 Å². The molecule has 0 saturated carbocycles. The van der Waals surface area contributed by atoms with Crippen LogP contribution in [0.3, 0.4) is 0 Å². The van der Waals surface area contributed by atoms with E-state index in [1.165, 1.54) is 5.56 Å². The molecule has 0 aliphatic rings. The number of ether oxygens (including phenoxy) is 1. The van der Waals surface area contributed by atoms with Gasteiger partial charge < -0.3 is 4.74 Å². The van der Waals surface area contributed by atoms with Crippen LogP contribution in [0.1, 0.15) is 38.2 Å². The van der Waals surface area contributed by atoms with Crippen LogP contribution in [0.25, 0.3) is 0 Å². The molecule has 1 aromatic carbocycles. The van der Waals surface area contributed by atoms with Crippen LogP contribution in [0.15, 0.2) is 43.0 Å². The van der Waals surface area contributed by atoms with Crippen LogP contribution in [0.4, 0.5) is 0 Å². The van der Waals surface area contributed by atoms with Gasteiger partial charge in [0.15, 0.2) is 0 Å². The molecule has 1 rings (SSSR count). The average Bonchev–Trinajstić information content (AvgIpc) is 2.51. The fourth-order valence-electron chi connectivity index (χ4n) is 2.00. The summed E-state index contributed by atoms with van der Waals surface area (Å²) in [4.78, 5) is 11.2. The molecule has 0 fully saturated rings. The number of aryl methyl sites for hydroxylation is 1. The normalized spacial score (nSPS) is 11.1. The Morgan fingerprint density at radius 3 is 2.81 bits per heavy atom. The van der Waals surface area contributed by atoms with Crippen molar-refractivity contribution in [2.24, 2.45) is 5.92 Å². The number of allylic oxidation sites excluding steroid dienone is 1. The van der Waals surface area contributed by atoms with E-state index in [0.717, 1.165) is 25.7 Å². The molecule has 0 aliphatic heterocycles. The quantitative estimate of drug-likeness (QED) is 0.407. The van der Waals surface area contributed by atoms with Gasteiger partial charge in [0.1, 0.15) is 0 Å². The predicted octanol–water partition coefficient (Wildman–Crippen LogP) is 4.16. The highest BCUT2D eigenvalue weighted by atomic mass is 16.5. The van der Waals surface area contributed by atoms with Crippen LogP contribution in [0, 0.1) is 17.8 Å². The minimum absolute atomic E-state index is 0.127. The molecule has 1 atom stereocenters. The molecule has 0 heterocycles. The lowest BCUT2D eigenvalue weighted by Gasteiger charge is -2.05. The highest BCUT2D eigenvalue weighted by molar-refractivity contribution is 5.69. The first kappa shape index (κ1) is 17.0. The lowest BCUT2D eigenvalue weighted by Crippen LogP contribution is -2.04. The number of carbonyl (C=O) groups is 1. The highest BCUT2D eigenvalue weighted by Gasteiger charge is 2.04. The van der Waals surface area contributed by atoms with Crippen LogP contribution in [0.5, 0.6) is 0 Å². The minimum atomic E-state index is -0.127. The summed E-state index contributed by atoms with van der Waals surface area (Å²) in [7, 11) is 0. The topological polar surface area (TPSA) is 26.3 Å². The smallest absolute Gasteiger partial charge is 0.305 e. The van der Waals surface area contributed by atoms with Gasteiger partial charge in [-0.05, 0) is 31.7 Å². The number of hydrogen-bond donors (Lipinski definition) is 0. The van der Waals surface area contributed by atoms with Gasteiger partial charge in [0.05, 0.1) is 6.61 Å². The summed E-state index contributed by atoms with van der Waals surface area (Å²) < 4.78 is 4.90. The molecule has 112 valence electrons. The van der Waals surface area contributed by atoms with Crippen molar-refractivity contribution >= 4 is 5.97 Å². The van der Waals surface area contributed by atoms with Gasteiger partial charge in [0.25, 0.3) is 0 Å². The number of benzene rings is 1. The molecule has 2 heteroatoms. The van der Waals surface area contributed by atoms with Gasteiger partial charge in [0.2, 0.25) is 0 Å². The van der Waals surface area contributed by atoms with Crippen molar-refractivity contribution in [3.8, 4) is 11.8 Å². The van der Waals surface area contributed by atoms with Gasteiger partial charge in [-0.2, -0.15) is 0 Å². The first-order chi connectivity index (χ1) is 10.3. The summed E-state index contributed by atoms with van der Waals surface area (Å²) in [6.45, 7) is 6.08. The summed E-state index contributed by atoms with van der Waals surface area (Å²) >= 11 is 0. The second-order valence-corrected chi connectivity index (χ2v) is 4.85. The van der Waals surface area contributed by atoms with Gasteiger partial charge >= 0.3 is 5.97 Å². The molecule has 0 unspecified atom stereocenters. The van der Waals surface area contributed by atoms with Crippen LogP contribution in [-0.4, -0.2) is 12.6 Å². The summed E-state index contributed by atoms with van der Waals surface area (Å²) in [6.07, 6.45) is 5.81. The van der Waals surface area contributed by atoms with Crippen molar-refractivity contribution in [2.45, 2.75) is 39.0 Å². The molecule has 0 bridgehead atoms. The maximum Gasteiger partial charge on any atom is 0.305 e. The monoisotopic (exact) mass is 284 g/mol. The van der Waals surface area contributed by atoms with Crippen LogP contribution < -0.4 is 0 Å². The van der Waals surface area contributed by atoms with Gasteiger partial charge in [-0.25, -0.2) is 0 Å². The zero-order valence-electron chi connectivity index (χ0n) is 12.8. The molecule has 21 heavy (non-hydrogen) atoms. The molecule has 0 radical (unpaired) electrons. The lowest BCUT2D eigenvalue weighted by molar-refractivity contribution is -0.143. The van der Waals surface area contributed by atoms with Gasteiger partial charge in [-0.1, -0.05) is 42.3 Å². The zero-order chi connectivity index (χ0) is 15.3. The Labute approximate surface area is 128 Å². The second kappa shape index (κ2) is 10.7. The van der Waals surface area contributed by atoms with E-state index < -0.39 is 0 Å². The lowest BCUT2D eigenvalue weighted by atomic mass is 10.0. The average molecular weight is 284 g/mol. The number of carbonyl (C=O) groups excluding carboxylic acids is 1. The van der Waals surface area contributed by atoms with Gasteiger partial charge in [0, 0.05) is 18.8 Å². The Hall–Kier alpha value is -2.01. The third-order valence-electron chi connectivity index (χ3n) is 3.15. The minimum Gasteiger partial charge on any atom is -0.466 e. The van der Waals surface area contributed by atoms with E-state index in [4.69, 9.17) is 4.74 Å². The van der Waals surface area contributed by atoms with Crippen molar-refractivity contribution in [1.29, 1.82) is 0 Å². The molecular formula is C19H24O2. The molecule has 0 amide bonds. The first-order valence-corrected chi connectivity index (χ1v) is 7.56. The highest BCUT2D eigenvalue weighted by Crippen LogP contribution is 2.10. The van der Waals surface area contributed by atoms with E-state index in [-0.39, 0.29) is 11.9 Å². The fraction of sp³-hybridized carbons (Fsp3) is 0.421. The molecule has 2 nitrogen and oxygen atoms in total. The Balaban J connectivity index is 2.26. The number of hydrogen-bond acceptors (Lipinski definition) is 2. The third kappa shape index (κ3) is 7.99. The molecule has 1 aromatic rings. The van der Waals surface area contributed by atoms with Crippen molar-refractivity contribution in [1.82, 2.24) is 0 Å². The molecular weight excluding hydrogens is 260 g/mol. The Morgan fingerprint density at radius 2 is 2.14 bits per heavy atom. The maximum absolute atomic E-state index is 11.2. The SMILES string of the molecule is C=C[C@@H](C#CCCc1ccccc1)CCCC(=O)OCC. The molecule has 0 aliphatic carbocycles. The van der Waals surface area contributed by atoms with E-state index in [2.05, 4.69) is 30.6 Å². The fourth-order valence-corrected chi connectivity index (χ4v) is 2.00. The summed E-state index contributed by atoms with van der Waals surface area (Å²) in [6, 6.07) is 10.3. The summed E-state index contributed by atoms with van der Waals surface area (Å²) in [5, 5.41) is 0. The Bertz CT molecular complexity index is 479. The van der Waals surface area contributed by atoms with Crippen molar-refractivity contribution in [3.63, 3.8) is 0 Å². The predicted molar refractivity (Wildman–Crippen MR) is 86.7 cm³/mol. The third-order valence-corrected chi connectivity index (χ3v) is 3.15. The van der Waals surface area contributed by atoms with Crippen molar-refractivity contribution in [2.75, 3.05) is 6.61 Å². The zero-order valence-corrected chi connectivity index (χ0v) is 12.8. The van der Waals surface area contributed by atoms with Gasteiger partial charge in [-0.3, -0.25) is 4.79 Å². The summed E-state index contributed by atoms with van der Waals surface area (Å²) in [5.41, 5.74) is 1.31. The second-order valence-electron chi connectivity index (χ2n) is 4.85. The van der Waals surface area contributed by atoms with Crippen molar-refractivity contribution in [3.05, 3.63) is 48.6 Å². The van der Waals surface area contributed by atoms with E-state index >= 15 is 0 Å². The molecule has 0 aromatic heterocycles. The Kier molecular flexibility index (Phi) is 8.72. The number of esters is 1. The number of rotatable bonds is 8. The standard InChI is InChI=1S/C19H24O2/c1-3-17(15-10-16-19(20)21-4-2)11-8-9-14-18-12-6-5-7-13-18/h3,5-7,12-13,17H,1,4,9-10,14-16H2,2H3/t17-/m0/s1. The summed E-state index contributed by atoms with van der Waals surface area (Å²) in [5.74, 6) is 6.47. The largest absolute Gasteiger partial charge is 0.466 e. The molecule has 0 N–H and O–H groups in total. The van der Waals surface area contributed by atoms with E-state index in [1.807, 2.05) is 31.2 Å². The van der Waals surface area contributed by atoms with Crippen molar-refractivity contribution < 1.29 is 9.53 Å².